The molecule has 30 heavy (non-hydrogen) atoms. The summed E-state index contributed by atoms with van der Waals surface area (Å²) in [6.45, 7) is 5.75. The molecule has 8 nitrogen and oxygen atoms in total. The number of nitrogens with one attached hydrogen (secondary N) is 3. The number of carbonyl (C=O) groups is 1. The topological polar surface area (TPSA) is 91.4 Å². The first kappa shape index (κ1) is 20.8. The number of anilines is 2. The Bertz CT molecular complexity index is 910. The van der Waals surface area contributed by atoms with Crippen LogP contribution in [0.4, 0.5) is 16.4 Å². The Balaban J connectivity index is 0.00000218. The lowest BCUT2D eigenvalue weighted by Gasteiger charge is -2.32. The minimum atomic E-state index is -0.198. The Morgan fingerprint density at radius 3 is 2.60 bits per heavy atom. The van der Waals surface area contributed by atoms with Gasteiger partial charge in [-0.15, -0.1) is 12.4 Å². The first-order valence-corrected chi connectivity index (χ1v) is 10.4. The van der Waals surface area contributed by atoms with Crippen molar-refractivity contribution in [2.45, 2.75) is 45.1 Å². The number of carbonyl (C=O) groups excluding carboxylic acids is 1. The number of morpholine rings is 1. The number of nitrogens with zero attached hydrogens (tertiary/aromatic N) is 3. The predicted molar refractivity (Wildman–Crippen MR) is 118 cm³/mol. The molecule has 2 unspecified atom stereocenters. The molecule has 0 aliphatic carbocycles. The van der Waals surface area contributed by atoms with Crippen LogP contribution >= 0.6 is 12.4 Å². The van der Waals surface area contributed by atoms with Crippen molar-refractivity contribution >= 4 is 30.1 Å². The van der Waals surface area contributed by atoms with E-state index in [0.29, 0.717) is 18.8 Å². The zero-order valence-corrected chi connectivity index (χ0v) is 17.8. The fraction of sp³-hybridized carbons (Fsp3) is 0.476. The summed E-state index contributed by atoms with van der Waals surface area (Å²) in [5, 5.41) is 8.97. The van der Waals surface area contributed by atoms with E-state index in [-0.39, 0.29) is 18.4 Å². The summed E-state index contributed by atoms with van der Waals surface area (Å²) >= 11 is 0. The summed E-state index contributed by atoms with van der Waals surface area (Å²) in [5.74, 6) is 0.798. The maximum absolute atomic E-state index is 11.7. The maximum atomic E-state index is 11.7. The highest BCUT2D eigenvalue weighted by Crippen LogP contribution is 2.32. The van der Waals surface area contributed by atoms with Crippen molar-refractivity contribution in [2.75, 3.05) is 29.9 Å². The zero-order valence-electron chi connectivity index (χ0n) is 17.0. The lowest BCUT2D eigenvalue weighted by atomic mass is 10.1. The van der Waals surface area contributed by atoms with Gasteiger partial charge in [0.25, 0.3) is 0 Å². The second-order valence-corrected chi connectivity index (χ2v) is 7.83. The van der Waals surface area contributed by atoms with Crippen molar-refractivity contribution in [2.24, 2.45) is 0 Å². The van der Waals surface area contributed by atoms with Gasteiger partial charge in [-0.05, 0) is 31.9 Å². The summed E-state index contributed by atoms with van der Waals surface area (Å²) in [6.07, 6.45) is 2.85. The molecule has 2 atom stereocenters. The molecule has 1 aromatic carbocycles. The normalized spacial score (nSPS) is 21.7. The molecule has 2 saturated heterocycles. The molecule has 3 aliphatic heterocycles. The summed E-state index contributed by atoms with van der Waals surface area (Å²) in [5.41, 5.74) is 5.00. The average Bonchev–Trinajstić information content (AvgIpc) is 3.33. The van der Waals surface area contributed by atoms with Gasteiger partial charge in [0.2, 0.25) is 5.95 Å². The van der Waals surface area contributed by atoms with Gasteiger partial charge < -0.3 is 25.6 Å². The molecule has 0 saturated carbocycles. The Morgan fingerprint density at radius 1 is 1.17 bits per heavy atom. The fourth-order valence-corrected chi connectivity index (χ4v) is 4.36. The highest BCUT2D eigenvalue weighted by molar-refractivity contribution is 5.89. The highest BCUT2D eigenvalue weighted by Gasteiger charge is 2.35. The summed E-state index contributed by atoms with van der Waals surface area (Å²) < 4.78 is 5.97. The number of hydrogen-bond acceptors (Lipinski definition) is 6. The van der Waals surface area contributed by atoms with Gasteiger partial charge in [0.05, 0.1) is 23.6 Å². The van der Waals surface area contributed by atoms with Crippen LogP contribution in [0.1, 0.15) is 31.0 Å². The van der Waals surface area contributed by atoms with Gasteiger partial charge in [0.15, 0.2) is 0 Å². The number of amides is 2. The summed E-state index contributed by atoms with van der Waals surface area (Å²) in [7, 11) is 0. The second-order valence-electron chi connectivity index (χ2n) is 7.83. The Labute approximate surface area is 182 Å². The smallest absolute Gasteiger partial charge is 0.319 e. The lowest BCUT2D eigenvalue weighted by Crippen LogP contribution is -2.43. The Kier molecular flexibility index (Phi) is 6.08. The number of hydrogen-bond donors (Lipinski definition) is 3. The predicted octanol–water partition coefficient (Wildman–Crippen LogP) is 2.68. The number of aromatic nitrogens is 2. The van der Waals surface area contributed by atoms with Crippen LogP contribution in [0.15, 0.2) is 24.3 Å². The SMILES string of the molecule is CCNC(=O)Nc1ccc(-c2nc(N3CC4CCC(C3)O4)nc3c2CNC3)cc1.Cl. The van der Waals surface area contributed by atoms with Crippen molar-refractivity contribution in [3.8, 4) is 11.3 Å². The number of rotatable bonds is 4. The number of fused-ring (bicyclic) bond motifs is 3. The quantitative estimate of drug-likeness (QED) is 0.690. The van der Waals surface area contributed by atoms with E-state index in [1.165, 1.54) is 0 Å². The standard InChI is InChI=1S/C21H26N6O2.ClH/c1-2-23-21(28)24-14-5-3-13(4-6-14)19-17-9-22-10-18(17)25-20(26-19)27-11-15-7-8-16(12-27)29-15;/h3-6,15-16,22H,2,7-12H2,1H3,(H2,23,24,28);1H. The molecule has 2 amide bonds. The molecule has 2 fully saturated rings. The lowest BCUT2D eigenvalue weighted by molar-refractivity contribution is 0.0299. The van der Waals surface area contributed by atoms with Gasteiger partial charge in [-0.25, -0.2) is 14.8 Å². The average molecular weight is 431 g/mol. The van der Waals surface area contributed by atoms with Crippen LogP contribution in [0.5, 0.6) is 0 Å². The zero-order chi connectivity index (χ0) is 19.8. The molecule has 0 spiro atoms. The van der Waals surface area contributed by atoms with Gasteiger partial charge >= 0.3 is 6.03 Å². The van der Waals surface area contributed by atoms with E-state index in [4.69, 9.17) is 14.7 Å². The van der Waals surface area contributed by atoms with Crippen LogP contribution in [0.25, 0.3) is 11.3 Å². The van der Waals surface area contributed by atoms with E-state index in [9.17, 15) is 4.79 Å². The van der Waals surface area contributed by atoms with Gasteiger partial charge in [-0.2, -0.15) is 0 Å². The molecule has 2 aromatic rings. The van der Waals surface area contributed by atoms with Gasteiger partial charge in [0, 0.05) is 49.5 Å². The largest absolute Gasteiger partial charge is 0.371 e. The number of urea groups is 1. The van der Waals surface area contributed by atoms with Crippen LogP contribution < -0.4 is 20.9 Å². The van der Waals surface area contributed by atoms with E-state index in [1.807, 2.05) is 31.2 Å². The minimum Gasteiger partial charge on any atom is -0.371 e. The molecule has 3 N–H and O–H groups in total. The number of halogens is 1. The van der Waals surface area contributed by atoms with Gasteiger partial charge in [-0.1, -0.05) is 12.1 Å². The Morgan fingerprint density at radius 2 is 1.90 bits per heavy atom. The van der Waals surface area contributed by atoms with Crippen molar-refractivity contribution < 1.29 is 9.53 Å². The maximum Gasteiger partial charge on any atom is 0.319 e. The molecule has 160 valence electrons. The molecular formula is C21H27ClN6O2. The van der Waals surface area contributed by atoms with Crippen LogP contribution in [-0.2, 0) is 17.8 Å². The van der Waals surface area contributed by atoms with Crippen molar-refractivity contribution in [3.63, 3.8) is 0 Å². The first-order chi connectivity index (χ1) is 14.2. The fourth-order valence-electron chi connectivity index (χ4n) is 4.36. The molecular weight excluding hydrogens is 404 g/mol. The third-order valence-electron chi connectivity index (χ3n) is 5.76. The van der Waals surface area contributed by atoms with Crippen LogP contribution in [0.2, 0.25) is 0 Å². The van der Waals surface area contributed by atoms with E-state index >= 15 is 0 Å². The van der Waals surface area contributed by atoms with Crippen LogP contribution in [0, 0.1) is 0 Å². The highest BCUT2D eigenvalue weighted by atomic mass is 35.5. The number of ether oxygens (including phenoxy) is 1. The molecule has 0 radical (unpaired) electrons. The third-order valence-corrected chi connectivity index (χ3v) is 5.76. The second kappa shape index (κ2) is 8.75. The molecule has 9 heteroatoms. The summed E-state index contributed by atoms with van der Waals surface area (Å²) in [6, 6.07) is 7.65. The number of benzene rings is 1. The van der Waals surface area contributed by atoms with Crippen molar-refractivity contribution in [3.05, 3.63) is 35.5 Å². The first-order valence-electron chi connectivity index (χ1n) is 10.4. The molecule has 5 rings (SSSR count). The Hall–Kier alpha value is -2.42. The molecule has 3 aliphatic rings. The van der Waals surface area contributed by atoms with E-state index < -0.39 is 0 Å². The third kappa shape index (κ3) is 4.08. The van der Waals surface area contributed by atoms with Crippen LogP contribution in [-0.4, -0.2) is 47.8 Å². The molecule has 2 bridgehead atoms. The van der Waals surface area contributed by atoms with Gasteiger partial charge in [0.1, 0.15) is 0 Å². The monoisotopic (exact) mass is 430 g/mol. The minimum absolute atomic E-state index is 0. The van der Waals surface area contributed by atoms with Crippen LogP contribution in [0.3, 0.4) is 0 Å². The summed E-state index contributed by atoms with van der Waals surface area (Å²) in [4.78, 5) is 23.9. The van der Waals surface area contributed by atoms with E-state index in [1.54, 1.807) is 0 Å². The molecule has 4 heterocycles. The van der Waals surface area contributed by atoms with Crippen molar-refractivity contribution in [1.82, 2.24) is 20.6 Å². The van der Waals surface area contributed by atoms with E-state index in [2.05, 4.69) is 20.9 Å². The van der Waals surface area contributed by atoms with Gasteiger partial charge in [-0.3, -0.25) is 0 Å². The van der Waals surface area contributed by atoms with E-state index in [0.717, 1.165) is 73.2 Å². The molecule has 1 aromatic heterocycles. The van der Waals surface area contributed by atoms with Crippen molar-refractivity contribution in [1.29, 1.82) is 0 Å².